The Morgan fingerprint density at radius 3 is 2.47 bits per heavy atom. The number of likely N-dealkylation sites (tertiary alicyclic amines) is 1. The summed E-state index contributed by atoms with van der Waals surface area (Å²) in [5.74, 6) is -4.02. The molecule has 1 fully saturated rings. The minimum Gasteiger partial charge on any atom is -0.325 e. The van der Waals surface area contributed by atoms with Crippen LogP contribution in [0.5, 0.6) is 0 Å². The van der Waals surface area contributed by atoms with Gasteiger partial charge in [0.2, 0.25) is 5.91 Å². The molecule has 2 atom stereocenters. The molecule has 0 spiro atoms. The smallest absolute Gasteiger partial charge is 0.267 e. The van der Waals surface area contributed by atoms with Crippen molar-refractivity contribution in [3.05, 3.63) is 0 Å². The second kappa shape index (κ2) is 3.84. The van der Waals surface area contributed by atoms with Crippen molar-refractivity contribution in [2.45, 2.75) is 38.3 Å². The lowest BCUT2D eigenvalue weighted by molar-refractivity contribution is -0.138. The van der Waals surface area contributed by atoms with Gasteiger partial charge in [0.15, 0.2) is 5.78 Å². The van der Waals surface area contributed by atoms with Crippen LogP contribution in [0.4, 0.5) is 8.78 Å². The molecule has 1 amide bonds. The minimum atomic E-state index is -2.99. The second-order valence-electron chi connectivity index (χ2n) is 3.94. The zero-order valence-corrected chi connectivity index (χ0v) is 8.67. The number of amides is 1. The molecule has 86 valence electrons. The van der Waals surface area contributed by atoms with Gasteiger partial charge in [0.25, 0.3) is 5.92 Å². The highest BCUT2D eigenvalue weighted by molar-refractivity contribution is 5.90. The summed E-state index contributed by atoms with van der Waals surface area (Å²) in [5, 5.41) is 0. The van der Waals surface area contributed by atoms with Gasteiger partial charge in [-0.15, -0.1) is 0 Å². The highest BCUT2D eigenvalue weighted by Gasteiger charge is 2.49. The SMILES string of the molecule is CC(=O)C1CC(F)(F)CN1C(=O)C(C)N. The van der Waals surface area contributed by atoms with Crippen molar-refractivity contribution in [2.24, 2.45) is 5.73 Å². The number of halogens is 2. The molecule has 1 aliphatic rings. The number of hydrogen-bond donors (Lipinski definition) is 1. The lowest BCUT2D eigenvalue weighted by Crippen LogP contribution is -2.47. The number of rotatable bonds is 2. The van der Waals surface area contributed by atoms with Gasteiger partial charge in [-0.25, -0.2) is 8.78 Å². The molecule has 2 N–H and O–H groups in total. The van der Waals surface area contributed by atoms with Crippen LogP contribution in [0.25, 0.3) is 0 Å². The summed E-state index contributed by atoms with van der Waals surface area (Å²) in [6, 6.07) is -1.89. The van der Waals surface area contributed by atoms with Crippen molar-refractivity contribution in [1.82, 2.24) is 4.90 Å². The van der Waals surface area contributed by atoms with E-state index in [0.29, 0.717) is 0 Å². The van der Waals surface area contributed by atoms with E-state index < -0.39 is 42.7 Å². The second-order valence-corrected chi connectivity index (χ2v) is 3.94. The third-order valence-corrected chi connectivity index (χ3v) is 2.41. The third-order valence-electron chi connectivity index (χ3n) is 2.41. The number of Topliss-reactive ketones (excluding diaryl/α,β-unsaturated/α-hetero) is 1. The van der Waals surface area contributed by atoms with Gasteiger partial charge in [-0.05, 0) is 13.8 Å². The predicted molar refractivity (Wildman–Crippen MR) is 49.4 cm³/mol. The van der Waals surface area contributed by atoms with E-state index in [9.17, 15) is 18.4 Å². The van der Waals surface area contributed by atoms with Crippen LogP contribution in [0.3, 0.4) is 0 Å². The Bertz CT molecular complexity index is 292. The summed E-state index contributed by atoms with van der Waals surface area (Å²) >= 11 is 0. The normalized spacial score (nSPS) is 26.5. The topological polar surface area (TPSA) is 63.4 Å². The summed E-state index contributed by atoms with van der Waals surface area (Å²) in [6.07, 6.45) is -0.596. The molecule has 0 radical (unpaired) electrons. The van der Waals surface area contributed by atoms with Crippen molar-refractivity contribution in [3.8, 4) is 0 Å². The number of carbonyl (C=O) groups is 2. The zero-order chi connectivity index (χ0) is 11.8. The number of hydrogen-bond acceptors (Lipinski definition) is 3. The first-order valence-electron chi connectivity index (χ1n) is 4.69. The maximum atomic E-state index is 13.0. The summed E-state index contributed by atoms with van der Waals surface area (Å²) in [5.41, 5.74) is 5.32. The van der Waals surface area contributed by atoms with Gasteiger partial charge >= 0.3 is 0 Å². The van der Waals surface area contributed by atoms with Crippen LogP contribution in [0.2, 0.25) is 0 Å². The summed E-state index contributed by atoms with van der Waals surface area (Å²) < 4.78 is 26.1. The van der Waals surface area contributed by atoms with Crippen LogP contribution < -0.4 is 5.73 Å². The first-order valence-corrected chi connectivity index (χ1v) is 4.69. The maximum absolute atomic E-state index is 13.0. The summed E-state index contributed by atoms with van der Waals surface area (Å²) in [6.45, 7) is 1.90. The fourth-order valence-electron chi connectivity index (χ4n) is 1.67. The lowest BCUT2D eigenvalue weighted by Gasteiger charge is -2.23. The van der Waals surface area contributed by atoms with Crippen molar-refractivity contribution in [2.75, 3.05) is 6.54 Å². The summed E-state index contributed by atoms with van der Waals surface area (Å²) in [4.78, 5) is 23.4. The van der Waals surface area contributed by atoms with E-state index in [2.05, 4.69) is 0 Å². The molecule has 1 saturated heterocycles. The van der Waals surface area contributed by atoms with Crippen LogP contribution in [0, 0.1) is 0 Å². The van der Waals surface area contributed by atoms with Crippen molar-refractivity contribution < 1.29 is 18.4 Å². The van der Waals surface area contributed by atoms with Crippen LogP contribution >= 0.6 is 0 Å². The molecule has 0 aliphatic carbocycles. The van der Waals surface area contributed by atoms with E-state index in [1.807, 2.05) is 0 Å². The highest BCUT2D eigenvalue weighted by atomic mass is 19.3. The molecule has 0 saturated carbocycles. The van der Waals surface area contributed by atoms with E-state index in [4.69, 9.17) is 5.73 Å². The molecule has 1 rings (SSSR count). The quantitative estimate of drug-likeness (QED) is 0.721. The van der Waals surface area contributed by atoms with E-state index in [-0.39, 0.29) is 0 Å². The molecular formula is C9H14F2N2O2. The monoisotopic (exact) mass is 220 g/mol. The predicted octanol–water partition coefficient (Wildman–Crippen LogP) is 0.159. The highest BCUT2D eigenvalue weighted by Crippen LogP contribution is 2.32. The maximum Gasteiger partial charge on any atom is 0.267 e. The number of alkyl halides is 2. The molecule has 0 aromatic rings. The van der Waals surface area contributed by atoms with E-state index in [1.165, 1.54) is 13.8 Å². The molecule has 6 heteroatoms. The van der Waals surface area contributed by atoms with Gasteiger partial charge in [-0.2, -0.15) is 0 Å². The van der Waals surface area contributed by atoms with Crippen LogP contribution in [-0.4, -0.2) is 41.1 Å². The molecule has 15 heavy (non-hydrogen) atoms. The van der Waals surface area contributed by atoms with E-state index in [1.54, 1.807) is 0 Å². The van der Waals surface area contributed by atoms with Gasteiger partial charge in [-0.1, -0.05) is 0 Å². The Labute approximate surface area is 86.4 Å². The molecule has 0 bridgehead atoms. The molecule has 1 heterocycles. The standard InChI is InChI=1S/C9H14F2N2O2/c1-5(12)8(15)13-4-9(10,11)3-7(13)6(2)14/h5,7H,3-4,12H2,1-2H3. The van der Waals surface area contributed by atoms with Gasteiger partial charge < -0.3 is 10.6 Å². The van der Waals surface area contributed by atoms with Crippen LogP contribution in [0.15, 0.2) is 0 Å². The van der Waals surface area contributed by atoms with E-state index >= 15 is 0 Å². The Kier molecular flexibility index (Phi) is 3.08. The number of carbonyl (C=O) groups excluding carboxylic acids is 2. The van der Waals surface area contributed by atoms with Gasteiger partial charge in [-0.3, -0.25) is 9.59 Å². The zero-order valence-electron chi connectivity index (χ0n) is 8.67. The van der Waals surface area contributed by atoms with E-state index in [0.717, 1.165) is 4.90 Å². The molecule has 4 nitrogen and oxygen atoms in total. The first-order chi connectivity index (χ1) is 6.74. The lowest BCUT2D eigenvalue weighted by atomic mass is 10.1. The van der Waals surface area contributed by atoms with Crippen molar-refractivity contribution in [3.63, 3.8) is 0 Å². The Balaban J connectivity index is 2.87. The molecular weight excluding hydrogens is 206 g/mol. The van der Waals surface area contributed by atoms with Crippen LogP contribution in [0.1, 0.15) is 20.3 Å². The van der Waals surface area contributed by atoms with Crippen molar-refractivity contribution >= 4 is 11.7 Å². The number of nitrogens with two attached hydrogens (primary N) is 1. The van der Waals surface area contributed by atoms with Crippen LogP contribution in [-0.2, 0) is 9.59 Å². The average Bonchev–Trinajstić information content (AvgIpc) is 2.40. The third kappa shape index (κ3) is 2.50. The van der Waals surface area contributed by atoms with Gasteiger partial charge in [0, 0.05) is 6.42 Å². The summed E-state index contributed by atoms with van der Waals surface area (Å²) in [7, 11) is 0. The fraction of sp³-hybridized carbons (Fsp3) is 0.778. The average molecular weight is 220 g/mol. The number of ketones is 1. The Morgan fingerprint density at radius 1 is 1.53 bits per heavy atom. The number of nitrogens with zero attached hydrogens (tertiary/aromatic N) is 1. The fourth-order valence-corrected chi connectivity index (χ4v) is 1.67. The van der Waals surface area contributed by atoms with Gasteiger partial charge in [0.05, 0.1) is 18.6 Å². The Hall–Kier alpha value is -1.04. The molecule has 1 aliphatic heterocycles. The molecule has 2 unspecified atom stereocenters. The van der Waals surface area contributed by atoms with Crippen molar-refractivity contribution in [1.29, 1.82) is 0 Å². The molecule has 0 aromatic carbocycles. The van der Waals surface area contributed by atoms with Gasteiger partial charge in [0.1, 0.15) is 0 Å². The first kappa shape index (κ1) is 12.0. The molecule has 0 aromatic heterocycles. The minimum absolute atomic E-state index is 0.429. The largest absolute Gasteiger partial charge is 0.325 e. The Morgan fingerprint density at radius 2 is 2.07 bits per heavy atom.